The van der Waals surface area contributed by atoms with Crippen molar-refractivity contribution in [2.24, 2.45) is 0 Å². The molecule has 0 saturated carbocycles. The first-order valence-electron chi connectivity index (χ1n) is 9.18. The summed E-state index contributed by atoms with van der Waals surface area (Å²) in [5, 5.41) is 0. The van der Waals surface area contributed by atoms with Gasteiger partial charge in [-0.05, 0) is 0 Å². The van der Waals surface area contributed by atoms with Gasteiger partial charge in [-0.15, -0.1) is 0 Å². The van der Waals surface area contributed by atoms with Crippen LogP contribution in [0.25, 0.3) is 0 Å². The molecule has 0 fully saturated rings. The molecular weight excluding hydrogens is 262 g/mol. The summed E-state index contributed by atoms with van der Waals surface area (Å²) in [6.45, 7) is 6.99. The summed E-state index contributed by atoms with van der Waals surface area (Å²) < 4.78 is 0.898. The summed E-state index contributed by atoms with van der Waals surface area (Å²) in [6.07, 6.45) is 22.4. The Hall–Kier alpha value is 1.13. The van der Waals surface area contributed by atoms with Gasteiger partial charge in [0, 0.05) is 0 Å². The summed E-state index contributed by atoms with van der Waals surface area (Å²) in [4.78, 5) is 0. The molecule has 0 nitrogen and oxygen atoms in total. The molecule has 0 aliphatic carbocycles. The third kappa shape index (κ3) is 15.8. The second kappa shape index (κ2) is 17.5. The molecule has 0 saturated heterocycles. The van der Waals surface area contributed by atoms with Crippen LogP contribution >= 0.6 is 0 Å². The fourth-order valence-corrected chi connectivity index (χ4v) is 2.78. The van der Waals surface area contributed by atoms with Crippen molar-refractivity contribution in [3.63, 3.8) is 0 Å². The molecule has 0 N–H and O–H groups in total. The molecule has 0 spiro atoms. The molecular formula is C19H42AlLi. The van der Waals surface area contributed by atoms with Crippen molar-refractivity contribution in [3.8, 4) is 0 Å². The van der Waals surface area contributed by atoms with Crippen LogP contribution in [0.4, 0.5) is 0 Å². The Bertz CT molecular complexity index is 163. The van der Waals surface area contributed by atoms with Gasteiger partial charge >= 0.3 is 18.9 Å². The molecule has 0 radical (unpaired) electrons. The topological polar surface area (TPSA) is 0 Å². The van der Waals surface area contributed by atoms with Crippen molar-refractivity contribution in [2.45, 2.75) is 121 Å². The molecule has 0 aliphatic heterocycles. The second-order valence-corrected chi connectivity index (χ2v) is 6.18. The van der Waals surface area contributed by atoms with E-state index in [4.69, 9.17) is 0 Å². The van der Waals surface area contributed by atoms with E-state index in [-0.39, 0.29) is 18.9 Å². The summed E-state index contributed by atoms with van der Waals surface area (Å²) >= 11 is 0.498. The number of hydrogen-bond acceptors (Lipinski definition) is 0. The first-order chi connectivity index (χ1) is 9.68. The van der Waals surface area contributed by atoms with Gasteiger partial charge < -0.3 is 0 Å². The molecule has 0 amide bonds. The smallest absolute Gasteiger partial charge is 0.179 e. The monoisotopic (exact) mass is 304 g/mol. The molecule has 0 aromatic rings. The summed E-state index contributed by atoms with van der Waals surface area (Å²) in [7, 11) is 0. The summed E-state index contributed by atoms with van der Waals surface area (Å²) in [5.41, 5.74) is 0. The normalized spacial score (nSPS) is 11.6. The average Bonchev–Trinajstić information content (AvgIpc) is 2.45. The van der Waals surface area contributed by atoms with Crippen molar-refractivity contribution in [2.75, 3.05) is 0 Å². The van der Waals surface area contributed by atoms with Crippen molar-refractivity contribution in [3.05, 3.63) is 0 Å². The van der Waals surface area contributed by atoms with E-state index in [0.717, 1.165) is 4.28 Å². The quantitative estimate of drug-likeness (QED) is 0.321. The molecule has 0 aliphatic rings. The molecule has 122 valence electrons. The van der Waals surface area contributed by atoms with Gasteiger partial charge in [0.05, 0.1) is 16.3 Å². The Labute approximate surface area is 156 Å². The minimum Gasteiger partial charge on any atom is -0.179 e. The van der Waals surface area contributed by atoms with Crippen LogP contribution in [-0.4, -0.2) is 16.3 Å². The van der Waals surface area contributed by atoms with Gasteiger partial charge in [0.25, 0.3) is 0 Å². The van der Waals surface area contributed by atoms with E-state index in [1.807, 2.05) is 0 Å². The predicted molar refractivity (Wildman–Crippen MR) is 98.9 cm³/mol. The van der Waals surface area contributed by atoms with Gasteiger partial charge in [-0.3, -0.25) is 0 Å². The molecule has 0 heterocycles. The van der Waals surface area contributed by atoms with Gasteiger partial charge in [0.15, 0.2) is 0 Å². The molecule has 0 unspecified atom stereocenters. The van der Waals surface area contributed by atoms with E-state index in [2.05, 4.69) is 20.8 Å². The van der Waals surface area contributed by atoms with Crippen molar-refractivity contribution < 1.29 is 18.9 Å². The Morgan fingerprint density at radius 1 is 0.524 bits per heavy atom. The molecule has 0 aromatic carbocycles. The van der Waals surface area contributed by atoms with Gasteiger partial charge in [-0.25, -0.2) is 0 Å². The van der Waals surface area contributed by atoms with Crippen molar-refractivity contribution >= 4 is 16.3 Å². The minimum atomic E-state index is 0. The zero-order valence-corrected chi connectivity index (χ0v) is 15.1. The Kier molecular flexibility index (Phi) is 20.3. The fourth-order valence-electron chi connectivity index (χ4n) is 2.78. The van der Waals surface area contributed by atoms with E-state index >= 15 is 0 Å². The first kappa shape index (κ1) is 24.4. The van der Waals surface area contributed by atoms with Gasteiger partial charge in [-0.1, -0.05) is 117 Å². The predicted octanol–water partition coefficient (Wildman–Crippen LogP) is 3.43. The van der Waals surface area contributed by atoms with E-state index < -0.39 is 0 Å². The van der Waals surface area contributed by atoms with Crippen LogP contribution in [0.15, 0.2) is 0 Å². The minimum absolute atomic E-state index is 0. The standard InChI is InChI=1S/C19H39.Al.Li.3H/c1-4-7-10-13-16-19(17-14-11-8-5-2)18-15-12-9-6-3;;;;;/h4-18H2,1-3H3;;;;;/q;-1;+1;;;. The third-order valence-corrected chi connectivity index (χ3v) is 4.15. The number of unbranched alkanes of at least 4 members (excludes halogenated alkanes) is 9. The molecule has 2 heteroatoms. The van der Waals surface area contributed by atoms with Crippen LogP contribution in [0.1, 0.15) is 117 Å². The van der Waals surface area contributed by atoms with E-state index in [1.165, 1.54) is 77.0 Å². The van der Waals surface area contributed by atoms with Crippen LogP contribution in [0, 0.1) is 0 Å². The van der Waals surface area contributed by atoms with Gasteiger partial charge in [0.2, 0.25) is 0 Å². The summed E-state index contributed by atoms with van der Waals surface area (Å²) in [5.74, 6) is 0. The second-order valence-electron chi connectivity index (χ2n) is 6.18. The third-order valence-electron chi connectivity index (χ3n) is 4.15. The van der Waals surface area contributed by atoms with Gasteiger partial charge in [-0.2, -0.15) is 4.28 Å². The summed E-state index contributed by atoms with van der Waals surface area (Å²) in [6, 6.07) is 0. The molecule has 0 atom stereocenters. The van der Waals surface area contributed by atoms with Crippen LogP contribution in [-0.2, 0) is 0 Å². The van der Waals surface area contributed by atoms with E-state index in [1.54, 1.807) is 19.3 Å². The van der Waals surface area contributed by atoms with Crippen LogP contribution in [0.2, 0.25) is 4.28 Å². The first-order valence-corrected chi connectivity index (χ1v) is 9.18. The zero-order valence-electron chi connectivity index (χ0n) is 15.1. The van der Waals surface area contributed by atoms with Crippen molar-refractivity contribution in [1.82, 2.24) is 0 Å². The van der Waals surface area contributed by atoms with Crippen molar-refractivity contribution in [1.29, 1.82) is 0 Å². The van der Waals surface area contributed by atoms with E-state index in [9.17, 15) is 0 Å². The van der Waals surface area contributed by atoms with E-state index in [0.29, 0.717) is 16.3 Å². The number of hydrogen-bond donors (Lipinski definition) is 0. The van der Waals surface area contributed by atoms with Crippen LogP contribution in [0.3, 0.4) is 0 Å². The van der Waals surface area contributed by atoms with Gasteiger partial charge in [0.1, 0.15) is 0 Å². The van der Waals surface area contributed by atoms with Crippen LogP contribution in [0.5, 0.6) is 0 Å². The zero-order chi connectivity index (χ0) is 15.1. The maximum Gasteiger partial charge on any atom is 1.00 e. The largest absolute Gasteiger partial charge is 1.00 e. The average molecular weight is 304 g/mol. The number of rotatable bonds is 15. The maximum atomic E-state index is 2.33. The van der Waals surface area contributed by atoms with Crippen LogP contribution < -0.4 is 18.9 Å². The molecule has 0 rings (SSSR count). The molecule has 21 heavy (non-hydrogen) atoms. The SMILES string of the molecule is CCCCCC[C]([AlH3-])(CCCCCC)CCCCCC.[Li+]. The maximum absolute atomic E-state index is 2.33. The fraction of sp³-hybridized carbons (Fsp3) is 1.00. The Morgan fingerprint density at radius 3 is 1.05 bits per heavy atom. The molecule has 0 aromatic heterocycles. The molecule has 0 bridgehead atoms. The Balaban J connectivity index is 0. The Morgan fingerprint density at radius 2 is 0.810 bits per heavy atom.